The summed E-state index contributed by atoms with van der Waals surface area (Å²) in [6.45, 7) is 16.2. The van der Waals surface area contributed by atoms with Gasteiger partial charge in [0.15, 0.2) is 0 Å². The fraction of sp³-hybridized carbons (Fsp3) is 0.455. The first-order chi connectivity index (χ1) is 11.3. The maximum atomic E-state index is 5.84. The van der Waals surface area contributed by atoms with E-state index in [1.165, 1.54) is 0 Å². The van der Waals surface area contributed by atoms with Crippen molar-refractivity contribution in [3.63, 3.8) is 0 Å². The Kier molecular flexibility index (Phi) is 5.77. The van der Waals surface area contributed by atoms with E-state index in [9.17, 15) is 0 Å². The molecule has 1 aromatic carbocycles. The third kappa shape index (κ3) is 3.37. The zero-order valence-electron chi connectivity index (χ0n) is 16.1. The van der Waals surface area contributed by atoms with Crippen molar-refractivity contribution in [3.05, 3.63) is 47.7 Å². The van der Waals surface area contributed by atoms with Crippen LogP contribution in [0.5, 0.6) is 0 Å². The number of hydrogen-bond donors (Lipinski definition) is 0. The normalized spacial score (nSPS) is 11.9. The van der Waals surface area contributed by atoms with Crippen LogP contribution in [0.4, 0.5) is 0 Å². The molecule has 2 heteroatoms. The molecule has 0 saturated heterocycles. The van der Waals surface area contributed by atoms with E-state index in [1.807, 2.05) is 24.5 Å². The Hall–Kier alpha value is -1.72. The molecular formula is C22H30OSi. The van der Waals surface area contributed by atoms with Crippen LogP contribution >= 0.6 is 0 Å². The van der Waals surface area contributed by atoms with Crippen LogP contribution in [0.15, 0.2) is 41.0 Å². The van der Waals surface area contributed by atoms with Crippen molar-refractivity contribution in [2.45, 2.75) is 65.1 Å². The van der Waals surface area contributed by atoms with Crippen molar-refractivity contribution in [1.29, 1.82) is 0 Å². The minimum atomic E-state index is -1.71. The molecule has 0 amide bonds. The van der Waals surface area contributed by atoms with Crippen LogP contribution in [0.2, 0.25) is 16.6 Å². The van der Waals surface area contributed by atoms with Gasteiger partial charge < -0.3 is 4.42 Å². The zero-order valence-corrected chi connectivity index (χ0v) is 17.1. The van der Waals surface area contributed by atoms with Crippen molar-refractivity contribution in [1.82, 2.24) is 0 Å². The van der Waals surface area contributed by atoms with Crippen LogP contribution in [-0.2, 0) is 0 Å². The minimum Gasteiger partial charge on any atom is -0.463 e. The molecule has 2 aromatic rings. The molecule has 1 heterocycles. The van der Waals surface area contributed by atoms with Gasteiger partial charge in [-0.1, -0.05) is 77.8 Å². The fourth-order valence-corrected chi connectivity index (χ4v) is 9.24. The van der Waals surface area contributed by atoms with Gasteiger partial charge in [0.2, 0.25) is 0 Å². The Morgan fingerprint density at radius 2 is 1.42 bits per heavy atom. The van der Waals surface area contributed by atoms with Crippen LogP contribution in [0.25, 0.3) is 11.3 Å². The summed E-state index contributed by atoms with van der Waals surface area (Å²) in [5.41, 5.74) is 9.01. The van der Waals surface area contributed by atoms with Gasteiger partial charge in [-0.25, -0.2) is 0 Å². The SMILES string of the molecule is Cc1c(C#C[Si](C(C)C)(C(C)C)C(C)C)coc1-c1ccccc1. The van der Waals surface area contributed by atoms with Gasteiger partial charge in [-0.15, -0.1) is 5.54 Å². The summed E-state index contributed by atoms with van der Waals surface area (Å²) in [7, 11) is -1.71. The zero-order chi connectivity index (χ0) is 17.9. The number of rotatable bonds is 4. The lowest BCUT2D eigenvalue weighted by Gasteiger charge is -2.38. The molecule has 2 rings (SSSR count). The Labute approximate surface area is 148 Å². The highest BCUT2D eigenvalue weighted by Gasteiger charge is 2.41. The molecule has 128 valence electrons. The maximum absolute atomic E-state index is 5.84. The molecule has 0 N–H and O–H groups in total. The molecule has 1 aromatic heterocycles. The summed E-state index contributed by atoms with van der Waals surface area (Å²) in [6, 6.07) is 10.3. The number of benzene rings is 1. The Balaban J connectivity index is 2.46. The summed E-state index contributed by atoms with van der Waals surface area (Å²) in [5, 5.41) is 0. The molecule has 0 fully saturated rings. The van der Waals surface area contributed by atoms with Crippen LogP contribution < -0.4 is 0 Å². The molecular weight excluding hydrogens is 308 g/mol. The van der Waals surface area contributed by atoms with Crippen LogP contribution in [0.3, 0.4) is 0 Å². The average Bonchev–Trinajstić information content (AvgIpc) is 2.89. The number of furan rings is 1. The molecule has 0 aliphatic carbocycles. The summed E-state index contributed by atoms with van der Waals surface area (Å²) in [6.07, 6.45) is 1.82. The van der Waals surface area contributed by atoms with Crippen LogP contribution in [0.1, 0.15) is 52.7 Å². The highest BCUT2D eigenvalue weighted by molar-refractivity contribution is 6.90. The van der Waals surface area contributed by atoms with Gasteiger partial charge in [-0.2, -0.15) is 0 Å². The molecule has 0 bridgehead atoms. The minimum absolute atomic E-state index is 0.644. The van der Waals surface area contributed by atoms with E-state index in [0.29, 0.717) is 16.6 Å². The second-order valence-electron chi connectivity index (χ2n) is 7.62. The lowest BCUT2D eigenvalue weighted by Crippen LogP contribution is -2.43. The van der Waals surface area contributed by atoms with E-state index in [0.717, 1.165) is 22.5 Å². The first kappa shape index (κ1) is 18.6. The molecule has 24 heavy (non-hydrogen) atoms. The highest BCUT2D eigenvalue weighted by Crippen LogP contribution is 2.41. The molecule has 0 saturated carbocycles. The summed E-state index contributed by atoms with van der Waals surface area (Å²) in [4.78, 5) is 0. The monoisotopic (exact) mass is 338 g/mol. The van der Waals surface area contributed by atoms with Crippen molar-refractivity contribution in [2.24, 2.45) is 0 Å². The second kappa shape index (κ2) is 7.45. The largest absolute Gasteiger partial charge is 0.463 e. The van der Waals surface area contributed by atoms with E-state index < -0.39 is 8.07 Å². The average molecular weight is 339 g/mol. The third-order valence-electron chi connectivity index (χ3n) is 5.35. The third-order valence-corrected chi connectivity index (χ3v) is 11.6. The smallest absolute Gasteiger partial charge is 0.146 e. The topological polar surface area (TPSA) is 13.1 Å². The molecule has 0 unspecified atom stereocenters. The molecule has 1 nitrogen and oxygen atoms in total. The van der Waals surface area contributed by atoms with Gasteiger partial charge in [0, 0.05) is 11.1 Å². The lowest BCUT2D eigenvalue weighted by atomic mass is 10.1. The molecule has 0 spiro atoms. The Morgan fingerprint density at radius 1 is 0.875 bits per heavy atom. The first-order valence-electron chi connectivity index (χ1n) is 8.97. The molecule has 0 aliphatic rings. The maximum Gasteiger partial charge on any atom is 0.146 e. The summed E-state index contributed by atoms with van der Waals surface area (Å²) >= 11 is 0. The van der Waals surface area contributed by atoms with Crippen molar-refractivity contribution >= 4 is 8.07 Å². The van der Waals surface area contributed by atoms with Crippen molar-refractivity contribution < 1.29 is 4.42 Å². The standard InChI is InChI=1S/C22H30OSi/c1-16(2)24(17(3)4,18(5)6)14-13-21-15-23-22(19(21)7)20-11-9-8-10-12-20/h8-12,15-18H,1-7H3. The van der Waals surface area contributed by atoms with Gasteiger partial charge in [0.25, 0.3) is 0 Å². The first-order valence-corrected chi connectivity index (χ1v) is 11.2. The number of hydrogen-bond acceptors (Lipinski definition) is 1. The van der Waals surface area contributed by atoms with Crippen LogP contribution in [-0.4, -0.2) is 8.07 Å². The predicted molar refractivity (Wildman–Crippen MR) is 107 cm³/mol. The van der Waals surface area contributed by atoms with E-state index >= 15 is 0 Å². The van der Waals surface area contributed by atoms with Gasteiger partial charge in [0.1, 0.15) is 20.1 Å². The Bertz CT molecular complexity index is 705. The quantitative estimate of drug-likeness (QED) is 0.440. The van der Waals surface area contributed by atoms with E-state index in [4.69, 9.17) is 4.42 Å². The second-order valence-corrected chi connectivity index (χ2v) is 13.2. The predicted octanol–water partition coefficient (Wildman–Crippen LogP) is 6.82. The van der Waals surface area contributed by atoms with Crippen molar-refractivity contribution in [3.8, 4) is 22.8 Å². The van der Waals surface area contributed by atoms with Crippen LogP contribution in [0, 0.1) is 18.4 Å². The van der Waals surface area contributed by atoms with E-state index in [1.54, 1.807) is 0 Å². The van der Waals surface area contributed by atoms with Crippen molar-refractivity contribution in [2.75, 3.05) is 0 Å². The summed E-state index contributed by atoms with van der Waals surface area (Å²) < 4.78 is 5.84. The summed E-state index contributed by atoms with van der Waals surface area (Å²) in [5.74, 6) is 4.44. The van der Waals surface area contributed by atoms with Gasteiger partial charge in [-0.05, 0) is 23.5 Å². The lowest BCUT2D eigenvalue weighted by molar-refractivity contribution is 0.580. The van der Waals surface area contributed by atoms with Gasteiger partial charge in [0.05, 0.1) is 5.56 Å². The Morgan fingerprint density at radius 3 is 1.92 bits per heavy atom. The van der Waals surface area contributed by atoms with Gasteiger partial charge >= 0.3 is 0 Å². The fourth-order valence-electron chi connectivity index (χ4n) is 4.02. The van der Waals surface area contributed by atoms with E-state index in [-0.39, 0.29) is 0 Å². The molecule has 0 radical (unpaired) electrons. The van der Waals surface area contributed by atoms with Gasteiger partial charge in [-0.3, -0.25) is 0 Å². The molecule has 0 atom stereocenters. The van der Waals surface area contributed by atoms with E-state index in [2.05, 4.69) is 72.1 Å². The molecule has 0 aliphatic heterocycles. The highest BCUT2D eigenvalue weighted by atomic mass is 28.3.